The lowest BCUT2D eigenvalue weighted by Crippen LogP contribution is -2.49. The van der Waals surface area contributed by atoms with Crippen molar-refractivity contribution in [3.8, 4) is 10.6 Å². The predicted octanol–water partition coefficient (Wildman–Crippen LogP) is 5.23. The molecular formula is C26H28F3N5O2S2. The zero-order chi connectivity index (χ0) is 27.0. The van der Waals surface area contributed by atoms with Gasteiger partial charge < -0.3 is 10.2 Å². The van der Waals surface area contributed by atoms with Crippen LogP contribution in [0.1, 0.15) is 41.4 Å². The number of nitrogens with zero attached hydrogens (tertiary/aromatic N) is 4. The largest absolute Gasteiger partial charge is 0.471 e. The van der Waals surface area contributed by atoms with E-state index in [1.807, 2.05) is 32.0 Å². The molecular weight excluding hydrogens is 535 g/mol. The number of aromatic nitrogens is 2. The highest BCUT2D eigenvalue weighted by molar-refractivity contribution is 7.16. The Bertz CT molecular complexity index is 1300. The molecule has 0 aliphatic carbocycles. The van der Waals surface area contributed by atoms with E-state index in [9.17, 15) is 22.8 Å². The van der Waals surface area contributed by atoms with Crippen LogP contribution >= 0.6 is 22.7 Å². The molecule has 2 aliphatic heterocycles. The molecule has 0 spiro atoms. The number of likely N-dealkylation sites (tertiary alicyclic amines) is 2. The third kappa shape index (κ3) is 5.62. The van der Waals surface area contributed by atoms with Crippen LogP contribution in [0.15, 0.2) is 35.7 Å². The molecule has 0 radical (unpaired) electrons. The van der Waals surface area contributed by atoms with Gasteiger partial charge in [0.2, 0.25) is 5.91 Å². The Balaban J connectivity index is 1.28. The van der Waals surface area contributed by atoms with Crippen LogP contribution in [0.5, 0.6) is 0 Å². The highest BCUT2D eigenvalue weighted by atomic mass is 32.1. The van der Waals surface area contributed by atoms with E-state index in [0.29, 0.717) is 29.6 Å². The molecule has 2 aromatic heterocycles. The van der Waals surface area contributed by atoms with Crippen LogP contribution in [-0.2, 0) is 9.59 Å². The van der Waals surface area contributed by atoms with Gasteiger partial charge in [-0.1, -0.05) is 30.3 Å². The molecule has 7 nitrogen and oxygen atoms in total. The number of alkyl halides is 3. The number of aryl methyl sites for hydroxylation is 2. The van der Waals surface area contributed by atoms with Gasteiger partial charge in [0.1, 0.15) is 6.04 Å². The molecule has 0 bridgehead atoms. The summed E-state index contributed by atoms with van der Waals surface area (Å²) in [6.45, 7) is 5.04. The molecule has 2 aliphatic rings. The minimum atomic E-state index is -5.05. The minimum Gasteiger partial charge on any atom is -0.321 e. The number of thiazole rings is 2. The molecule has 38 heavy (non-hydrogen) atoms. The van der Waals surface area contributed by atoms with Gasteiger partial charge >= 0.3 is 12.1 Å². The minimum absolute atomic E-state index is 0.130. The van der Waals surface area contributed by atoms with Crippen molar-refractivity contribution in [1.82, 2.24) is 19.8 Å². The number of carbonyl (C=O) groups is 2. The fraction of sp³-hybridized carbons (Fsp3) is 0.462. The van der Waals surface area contributed by atoms with Gasteiger partial charge in [0.15, 0.2) is 5.13 Å². The van der Waals surface area contributed by atoms with Crippen molar-refractivity contribution in [3.05, 3.63) is 52.0 Å². The maximum Gasteiger partial charge on any atom is 0.471 e. The van der Waals surface area contributed by atoms with Crippen LogP contribution in [0, 0.1) is 13.8 Å². The number of benzene rings is 1. The second kappa shape index (κ2) is 10.7. The van der Waals surface area contributed by atoms with Gasteiger partial charge in [-0.3, -0.25) is 14.5 Å². The smallest absolute Gasteiger partial charge is 0.321 e. The first-order chi connectivity index (χ1) is 18.1. The average Bonchev–Trinajstić information content (AvgIpc) is 3.62. The topological polar surface area (TPSA) is 78.4 Å². The first kappa shape index (κ1) is 26.8. The Labute approximate surface area is 226 Å². The van der Waals surface area contributed by atoms with Crippen LogP contribution in [0.2, 0.25) is 0 Å². The number of nitrogens with one attached hydrogen (secondary N) is 1. The summed E-state index contributed by atoms with van der Waals surface area (Å²) in [7, 11) is 0. The summed E-state index contributed by atoms with van der Waals surface area (Å²) in [5.74, 6) is -2.23. The van der Waals surface area contributed by atoms with Gasteiger partial charge in [0, 0.05) is 18.0 Å². The quantitative estimate of drug-likeness (QED) is 0.460. The summed E-state index contributed by atoms with van der Waals surface area (Å²) in [5.41, 5.74) is 2.74. The molecule has 202 valence electrons. The van der Waals surface area contributed by atoms with Crippen molar-refractivity contribution >= 4 is 39.6 Å². The zero-order valence-electron chi connectivity index (χ0n) is 21.0. The van der Waals surface area contributed by atoms with Gasteiger partial charge in [-0.2, -0.15) is 13.2 Å². The Kier molecular flexibility index (Phi) is 7.56. The Hall–Kier alpha value is -2.83. The fourth-order valence-corrected chi connectivity index (χ4v) is 7.09. The van der Waals surface area contributed by atoms with Crippen molar-refractivity contribution in [2.45, 2.75) is 57.3 Å². The summed E-state index contributed by atoms with van der Waals surface area (Å²) in [4.78, 5) is 38.1. The molecule has 0 saturated carbocycles. The second-order valence-corrected chi connectivity index (χ2v) is 11.8. The van der Waals surface area contributed by atoms with Gasteiger partial charge in [0.25, 0.3) is 0 Å². The van der Waals surface area contributed by atoms with Crippen LogP contribution in [0.4, 0.5) is 18.3 Å². The maximum absolute atomic E-state index is 13.5. The van der Waals surface area contributed by atoms with E-state index in [1.165, 1.54) is 28.2 Å². The molecule has 1 N–H and O–H groups in total. The lowest BCUT2D eigenvalue weighted by Gasteiger charge is -2.36. The van der Waals surface area contributed by atoms with E-state index >= 15 is 0 Å². The Morgan fingerprint density at radius 2 is 1.79 bits per heavy atom. The van der Waals surface area contributed by atoms with Gasteiger partial charge in [-0.05, 0) is 57.7 Å². The van der Waals surface area contributed by atoms with E-state index in [0.717, 1.165) is 28.4 Å². The SMILES string of the molecule is Cc1nc(C)c(-c2csc(NC(=O)[C@@H]3C[C@@H](N4CCC(c5ccccc5)CC4)CN3C(=O)C(F)(F)F)n2)s1. The number of rotatable bonds is 5. The first-order valence-electron chi connectivity index (χ1n) is 12.5. The lowest BCUT2D eigenvalue weighted by atomic mass is 9.89. The third-order valence-corrected chi connectivity index (χ3v) is 9.13. The summed E-state index contributed by atoms with van der Waals surface area (Å²) in [6.07, 6.45) is -3.15. The van der Waals surface area contributed by atoms with E-state index in [4.69, 9.17) is 0 Å². The monoisotopic (exact) mass is 563 g/mol. The van der Waals surface area contributed by atoms with Crippen molar-refractivity contribution < 1.29 is 22.8 Å². The van der Waals surface area contributed by atoms with E-state index in [1.54, 1.807) is 5.38 Å². The summed E-state index contributed by atoms with van der Waals surface area (Å²) >= 11 is 2.68. The number of carbonyl (C=O) groups excluding carboxylic acids is 2. The number of hydrogen-bond donors (Lipinski definition) is 1. The first-order valence-corrected chi connectivity index (χ1v) is 14.2. The fourth-order valence-electron chi connectivity index (χ4n) is 5.43. The third-order valence-electron chi connectivity index (χ3n) is 7.27. The van der Waals surface area contributed by atoms with Crippen LogP contribution in [-0.4, -0.2) is 69.5 Å². The zero-order valence-corrected chi connectivity index (χ0v) is 22.6. The van der Waals surface area contributed by atoms with Crippen molar-refractivity contribution in [3.63, 3.8) is 0 Å². The molecule has 4 heterocycles. The maximum atomic E-state index is 13.5. The van der Waals surface area contributed by atoms with Crippen LogP contribution in [0.3, 0.4) is 0 Å². The summed E-state index contributed by atoms with van der Waals surface area (Å²) < 4.78 is 40.4. The number of amides is 2. The molecule has 0 unspecified atom stereocenters. The Morgan fingerprint density at radius 1 is 1.08 bits per heavy atom. The number of anilines is 1. The standard InChI is InChI=1S/C26H28F3N5O2S2/c1-15-22(38-16(2)30-15)20-14-37-25(31-20)32-23(35)21-12-19(13-34(21)24(36)26(27,28)29)33-10-8-18(9-11-33)17-6-4-3-5-7-17/h3-7,14,18-19,21H,8-13H2,1-2H3,(H,31,32,35)/t19-,21+/m1/s1. The molecule has 12 heteroatoms. The number of piperidine rings is 1. The molecule has 2 amide bonds. The van der Waals surface area contributed by atoms with E-state index in [2.05, 4.69) is 32.3 Å². The molecule has 3 aromatic rings. The lowest BCUT2D eigenvalue weighted by molar-refractivity contribution is -0.186. The molecule has 5 rings (SSSR count). The summed E-state index contributed by atoms with van der Waals surface area (Å²) in [5, 5.41) is 5.61. The highest BCUT2D eigenvalue weighted by Gasteiger charge is 2.51. The second-order valence-electron chi connectivity index (χ2n) is 9.76. The normalized spacial score (nSPS) is 21.1. The average molecular weight is 564 g/mol. The molecule has 2 saturated heterocycles. The van der Waals surface area contributed by atoms with Gasteiger partial charge in [-0.25, -0.2) is 9.97 Å². The van der Waals surface area contributed by atoms with Gasteiger partial charge in [0.05, 0.1) is 21.3 Å². The van der Waals surface area contributed by atoms with Crippen LogP contribution < -0.4 is 5.32 Å². The van der Waals surface area contributed by atoms with Crippen LogP contribution in [0.25, 0.3) is 10.6 Å². The molecule has 2 fully saturated rings. The predicted molar refractivity (Wildman–Crippen MR) is 141 cm³/mol. The number of hydrogen-bond acceptors (Lipinski definition) is 7. The number of halogens is 3. The van der Waals surface area contributed by atoms with Crippen molar-refractivity contribution in [2.24, 2.45) is 0 Å². The highest BCUT2D eigenvalue weighted by Crippen LogP contribution is 2.35. The van der Waals surface area contributed by atoms with Gasteiger partial charge in [-0.15, -0.1) is 22.7 Å². The summed E-state index contributed by atoms with van der Waals surface area (Å²) in [6, 6.07) is 8.65. The Morgan fingerprint density at radius 3 is 2.42 bits per heavy atom. The van der Waals surface area contributed by atoms with E-state index < -0.39 is 24.0 Å². The molecule has 1 aromatic carbocycles. The van der Waals surface area contributed by atoms with E-state index in [-0.39, 0.29) is 24.1 Å². The van der Waals surface area contributed by atoms with Crippen molar-refractivity contribution in [2.75, 3.05) is 25.0 Å². The molecule has 2 atom stereocenters. The van der Waals surface area contributed by atoms with Crippen molar-refractivity contribution in [1.29, 1.82) is 0 Å².